The molecule has 0 radical (unpaired) electrons. The average Bonchev–Trinajstić information content (AvgIpc) is 3.56. The normalized spacial score (nSPS) is 21.4. The number of anilines is 3. The number of aryl methyl sites for hydroxylation is 1. The summed E-state index contributed by atoms with van der Waals surface area (Å²) in [6.07, 6.45) is 11.4. The number of rotatable bonds is 8. The van der Waals surface area contributed by atoms with Gasteiger partial charge in [0.15, 0.2) is 11.6 Å². The van der Waals surface area contributed by atoms with E-state index in [0.29, 0.717) is 60.0 Å². The van der Waals surface area contributed by atoms with Crippen LogP contribution in [0.15, 0.2) is 43.1 Å². The van der Waals surface area contributed by atoms with Gasteiger partial charge in [-0.1, -0.05) is 0 Å². The monoisotopic (exact) mass is 567 g/mol. The first-order chi connectivity index (χ1) is 19.1. The summed E-state index contributed by atoms with van der Waals surface area (Å²) in [7, 11) is -1.84. The van der Waals surface area contributed by atoms with E-state index in [-0.39, 0.29) is 17.0 Å². The maximum atomic E-state index is 14.7. The third-order valence-corrected chi connectivity index (χ3v) is 9.34. The maximum absolute atomic E-state index is 14.7. The summed E-state index contributed by atoms with van der Waals surface area (Å²) in [6, 6.07) is 3.53. The average molecular weight is 568 g/mol. The minimum atomic E-state index is -3.49. The lowest BCUT2D eigenvalue weighted by molar-refractivity contribution is 0.0196. The van der Waals surface area contributed by atoms with Crippen molar-refractivity contribution >= 4 is 27.3 Å². The zero-order valence-corrected chi connectivity index (χ0v) is 22.9. The molecular weight excluding hydrogens is 537 g/mol. The molecule has 0 bridgehead atoms. The van der Waals surface area contributed by atoms with Crippen LogP contribution < -0.4 is 10.6 Å². The quantitative estimate of drug-likeness (QED) is 0.288. The molecule has 2 aliphatic carbocycles. The van der Waals surface area contributed by atoms with Crippen molar-refractivity contribution in [3.05, 3.63) is 48.9 Å². The van der Waals surface area contributed by atoms with Gasteiger partial charge in [-0.2, -0.15) is 14.3 Å². The fraction of sp³-hybridized carbons (Fsp3) is 0.423. The van der Waals surface area contributed by atoms with Gasteiger partial charge in [0.25, 0.3) is 10.0 Å². The van der Waals surface area contributed by atoms with Crippen molar-refractivity contribution in [3.8, 4) is 22.6 Å². The molecular formula is C26H30FN9O3S. The van der Waals surface area contributed by atoms with Crippen LogP contribution in [0.3, 0.4) is 0 Å². The molecule has 3 N–H and O–H groups in total. The van der Waals surface area contributed by atoms with Crippen LogP contribution in [0.5, 0.6) is 0 Å². The number of aromatic nitrogens is 7. The van der Waals surface area contributed by atoms with Gasteiger partial charge in [-0.05, 0) is 51.5 Å². The molecule has 210 valence electrons. The van der Waals surface area contributed by atoms with E-state index in [1.165, 1.54) is 23.3 Å². The lowest BCUT2D eigenvalue weighted by Gasteiger charge is -2.34. The fourth-order valence-corrected chi connectivity index (χ4v) is 6.33. The van der Waals surface area contributed by atoms with E-state index in [2.05, 4.69) is 35.8 Å². The molecule has 14 heteroatoms. The third-order valence-electron chi connectivity index (χ3n) is 7.30. The van der Waals surface area contributed by atoms with Crippen molar-refractivity contribution in [1.29, 1.82) is 0 Å². The Morgan fingerprint density at radius 1 is 1.10 bits per heavy atom. The Kier molecular flexibility index (Phi) is 6.53. The Morgan fingerprint density at radius 2 is 1.88 bits per heavy atom. The predicted octanol–water partition coefficient (Wildman–Crippen LogP) is 3.46. The van der Waals surface area contributed by atoms with Crippen LogP contribution in [0.2, 0.25) is 0 Å². The number of hydrogen-bond donors (Lipinski definition) is 3. The van der Waals surface area contributed by atoms with Gasteiger partial charge in [-0.3, -0.25) is 4.68 Å². The molecule has 0 spiro atoms. The summed E-state index contributed by atoms with van der Waals surface area (Å²) in [4.78, 5) is 13.3. The second kappa shape index (κ2) is 9.93. The van der Waals surface area contributed by atoms with E-state index in [1.54, 1.807) is 31.6 Å². The summed E-state index contributed by atoms with van der Waals surface area (Å²) in [5, 5.41) is 24.9. The number of pyridine rings is 1. The number of nitrogens with zero attached hydrogens (tertiary/aromatic N) is 7. The van der Waals surface area contributed by atoms with Crippen LogP contribution in [-0.4, -0.2) is 64.3 Å². The molecule has 6 rings (SSSR count). The van der Waals surface area contributed by atoms with E-state index in [9.17, 15) is 17.9 Å². The molecule has 0 amide bonds. The first kappa shape index (κ1) is 26.3. The molecule has 40 heavy (non-hydrogen) atoms. The van der Waals surface area contributed by atoms with E-state index < -0.39 is 21.4 Å². The highest BCUT2D eigenvalue weighted by molar-refractivity contribution is 7.90. The minimum Gasteiger partial charge on any atom is -0.390 e. The van der Waals surface area contributed by atoms with Crippen LogP contribution in [-0.2, 0) is 17.1 Å². The fourth-order valence-electron chi connectivity index (χ4n) is 4.85. The highest BCUT2D eigenvalue weighted by Gasteiger charge is 2.37. The third kappa shape index (κ3) is 5.41. The number of halogens is 1. The van der Waals surface area contributed by atoms with Gasteiger partial charge in [0.1, 0.15) is 17.3 Å². The van der Waals surface area contributed by atoms with E-state index in [1.807, 2.05) is 6.92 Å². The summed E-state index contributed by atoms with van der Waals surface area (Å²) in [5.41, 5.74) is 1.16. The van der Waals surface area contributed by atoms with Gasteiger partial charge in [-0.15, -0.1) is 0 Å². The van der Waals surface area contributed by atoms with Crippen LogP contribution in [0.1, 0.15) is 45.4 Å². The van der Waals surface area contributed by atoms with Gasteiger partial charge >= 0.3 is 0 Å². The van der Waals surface area contributed by atoms with Crippen LogP contribution >= 0.6 is 0 Å². The van der Waals surface area contributed by atoms with Crippen molar-refractivity contribution in [1.82, 2.24) is 33.9 Å². The number of hydrogen-bond acceptors (Lipinski definition) is 10. The number of aliphatic hydroxyl groups is 1. The minimum absolute atomic E-state index is 0.0927. The van der Waals surface area contributed by atoms with E-state index >= 15 is 0 Å². The van der Waals surface area contributed by atoms with Crippen LogP contribution in [0.4, 0.5) is 21.7 Å². The molecule has 4 aromatic heterocycles. The summed E-state index contributed by atoms with van der Waals surface area (Å²) in [6.45, 7) is 1.85. The Morgan fingerprint density at radius 3 is 2.58 bits per heavy atom. The molecule has 4 aromatic rings. The lowest BCUT2D eigenvalue weighted by Crippen LogP contribution is -2.35. The smallest absolute Gasteiger partial charge is 0.256 e. The highest BCUT2D eigenvalue weighted by atomic mass is 32.2. The first-order valence-corrected chi connectivity index (χ1v) is 14.7. The summed E-state index contributed by atoms with van der Waals surface area (Å²) < 4.78 is 42.1. The Bertz CT molecular complexity index is 1650. The molecule has 0 saturated heterocycles. The first-order valence-electron chi connectivity index (χ1n) is 13.2. The lowest BCUT2D eigenvalue weighted by atomic mass is 9.83. The van der Waals surface area contributed by atoms with Crippen molar-refractivity contribution < 1.29 is 17.9 Å². The van der Waals surface area contributed by atoms with Crippen LogP contribution in [0.25, 0.3) is 22.6 Å². The molecule has 2 fully saturated rings. The van der Waals surface area contributed by atoms with Crippen molar-refractivity contribution in [2.24, 2.45) is 7.05 Å². The molecule has 2 saturated carbocycles. The highest BCUT2D eigenvalue weighted by Crippen LogP contribution is 2.35. The standard InChI is InChI=1S/C26H30FN9O3S/c1-26(37)8-5-17(6-9-26)31-21-11-23(29-13-19(21)24-20(27)15-35(2)34-24)32-22-7-10-28-25(33-22)16-12-30-36(14-16)40(38,39)18-3-4-18/h7,10-15,17-18,37H,3-6,8-9H2,1-2H3,(H2,28,29,31,32,33). The summed E-state index contributed by atoms with van der Waals surface area (Å²) >= 11 is 0. The van der Waals surface area contributed by atoms with Crippen molar-refractivity contribution in [3.63, 3.8) is 0 Å². The Hall–Kier alpha value is -3.91. The van der Waals surface area contributed by atoms with E-state index in [4.69, 9.17) is 0 Å². The van der Waals surface area contributed by atoms with Gasteiger partial charge in [0.2, 0.25) is 0 Å². The van der Waals surface area contributed by atoms with Gasteiger partial charge in [-0.25, -0.2) is 27.8 Å². The number of nitrogens with one attached hydrogen (secondary N) is 2. The molecule has 0 aromatic carbocycles. The zero-order chi connectivity index (χ0) is 28.1. The van der Waals surface area contributed by atoms with Gasteiger partial charge in [0, 0.05) is 42.8 Å². The Balaban J connectivity index is 1.27. The molecule has 0 atom stereocenters. The zero-order valence-electron chi connectivity index (χ0n) is 22.1. The largest absolute Gasteiger partial charge is 0.390 e. The topological polar surface area (TPSA) is 153 Å². The van der Waals surface area contributed by atoms with Gasteiger partial charge < -0.3 is 15.7 Å². The second-order valence-corrected chi connectivity index (χ2v) is 12.8. The molecule has 0 aliphatic heterocycles. The predicted molar refractivity (Wildman–Crippen MR) is 147 cm³/mol. The molecule has 12 nitrogen and oxygen atoms in total. The van der Waals surface area contributed by atoms with Gasteiger partial charge in [0.05, 0.1) is 35.0 Å². The molecule has 2 aliphatic rings. The second-order valence-electron chi connectivity index (χ2n) is 10.8. The molecule has 4 heterocycles. The summed E-state index contributed by atoms with van der Waals surface area (Å²) in [5.74, 6) is 0.750. The van der Waals surface area contributed by atoms with Crippen LogP contribution in [0, 0.1) is 5.82 Å². The van der Waals surface area contributed by atoms with Crippen molar-refractivity contribution in [2.75, 3.05) is 10.6 Å². The SMILES string of the molecule is Cn1cc(F)c(-c2cnc(Nc3ccnc(-c4cnn(S(=O)(=O)C5CC5)c4)n3)cc2NC2CCC(C)(O)CC2)n1. The van der Waals surface area contributed by atoms with E-state index in [0.717, 1.165) is 16.9 Å². The Labute approximate surface area is 230 Å². The molecule has 0 unspecified atom stereocenters. The van der Waals surface area contributed by atoms with Crippen molar-refractivity contribution in [2.45, 2.75) is 62.3 Å². The maximum Gasteiger partial charge on any atom is 0.256 e.